The molecule has 0 amide bonds. The molecular formula is C15H23N5. The summed E-state index contributed by atoms with van der Waals surface area (Å²) in [5.41, 5.74) is 3.59. The Kier molecular flexibility index (Phi) is 4.84. The lowest BCUT2D eigenvalue weighted by Gasteiger charge is -2.12. The molecule has 0 radical (unpaired) electrons. The fourth-order valence-corrected chi connectivity index (χ4v) is 2.41. The van der Waals surface area contributed by atoms with Crippen molar-refractivity contribution in [3.05, 3.63) is 35.5 Å². The third kappa shape index (κ3) is 3.22. The standard InChI is InChI=1S/C15H23N5/c1-5-16-9-11(2)8-14-12(3)19-20(13(14)4)15-6-7-17-10-18-15/h6-7,10-11,16H,5,8-9H2,1-4H3. The summed E-state index contributed by atoms with van der Waals surface area (Å²) in [4.78, 5) is 8.22. The highest BCUT2D eigenvalue weighted by Gasteiger charge is 2.15. The van der Waals surface area contributed by atoms with Crippen LogP contribution in [0.15, 0.2) is 18.6 Å². The Balaban J connectivity index is 2.21. The van der Waals surface area contributed by atoms with E-state index in [9.17, 15) is 0 Å². The molecule has 1 unspecified atom stereocenters. The molecule has 0 aromatic carbocycles. The summed E-state index contributed by atoms with van der Waals surface area (Å²) in [5, 5.41) is 8.02. The van der Waals surface area contributed by atoms with Gasteiger partial charge in [0.15, 0.2) is 5.82 Å². The Morgan fingerprint density at radius 2 is 2.15 bits per heavy atom. The fraction of sp³-hybridized carbons (Fsp3) is 0.533. The van der Waals surface area contributed by atoms with Crippen LogP contribution in [-0.2, 0) is 6.42 Å². The molecule has 0 aliphatic carbocycles. The van der Waals surface area contributed by atoms with Crippen LogP contribution in [0.5, 0.6) is 0 Å². The largest absolute Gasteiger partial charge is 0.317 e. The SMILES string of the molecule is CCNCC(C)Cc1c(C)nn(-c2ccncn2)c1C. The molecule has 0 spiro atoms. The Morgan fingerprint density at radius 3 is 2.80 bits per heavy atom. The number of hydrogen-bond acceptors (Lipinski definition) is 4. The molecule has 2 aromatic heterocycles. The Labute approximate surface area is 120 Å². The van der Waals surface area contributed by atoms with E-state index in [0.717, 1.165) is 31.0 Å². The first-order chi connectivity index (χ1) is 9.63. The average molecular weight is 273 g/mol. The molecule has 0 fully saturated rings. The van der Waals surface area contributed by atoms with Crippen LogP contribution < -0.4 is 5.32 Å². The van der Waals surface area contributed by atoms with Crippen molar-refractivity contribution in [3.63, 3.8) is 0 Å². The van der Waals surface area contributed by atoms with E-state index in [4.69, 9.17) is 0 Å². The summed E-state index contributed by atoms with van der Waals surface area (Å²) in [7, 11) is 0. The molecule has 0 bridgehead atoms. The number of nitrogens with zero attached hydrogens (tertiary/aromatic N) is 4. The summed E-state index contributed by atoms with van der Waals surface area (Å²) >= 11 is 0. The summed E-state index contributed by atoms with van der Waals surface area (Å²) < 4.78 is 1.91. The molecule has 1 atom stereocenters. The smallest absolute Gasteiger partial charge is 0.156 e. The van der Waals surface area contributed by atoms with Gasteiger partial charge in [-0.3, -0.25) is 0 Å². The third-order valence-electron chi connectivity index (χ3n) is 3.52. The van der Waals surface area contributed by atoms with Crippen molar-refractivity contribution < 1.29 is 0 Å². The van der Waals surface area contributed by atoms with Crippen LogP contribution in [0.2, 0.25) is 0 Å². The Morgan fingerprint density at radius 1 is 1.35 bits per heavy atom. The molecule has 0 saturated heterocycles. The zero-order valence-electron chi connectivity index (χ0n) is 12.7. The van der Waals surface area contributed by atoms with Crippen molar-refractivity contribution in [2.75, 3.05) is 13.1 Å². The third-order valence-corrected chi connectivity index (χ3v) is 3.52. The quantitative estimate of drug-likeness (QED) is 0.875. The Hall–Kier alpha value is -1.75. The molecule has 5 nitrogen and oxygen atoms in total. The minimum Gasteiger partial charge on any atom is -0.317 e. The second-order valence-corrected chi connectivity index (χ2v) is 5.25. The van der Waals surface area contributed by atoms with Gasteiger partial charge in [-0.15, -0.1) is 0 Å². The van der Waals surface area contributed by atoms with Gasteiger partial charge < -0.3 is 5.32 Å². The van der Waals surface area contributed by atoms with Crippen molar-refractivity contribution in [3.8, 4) is 5.82 Å². The van der Waals surface area contributed by atoms with Gasteiger partial charge in [-0.1, -0.05) is 13.8 Å². The van der Waals surface area contributed by atoms with Gasteiger partial charge in [-0.2, -0.15) is 5.10 Å². The van der Waals surface area contributed by atoms with Gasteiger partial charge in [-0.25, -0.2) is 14.6 Å². The molecule has 2 rings (SSSR count). The van der Waals surface area contributed by atoms with Gasteiger partial charge in [0.1, 0.15) is 6.33 Å². The highest BCUT2D eigenvalue weighted by atomic mass is 15.3. The van der Waals surface area contributed by atoms with E-state index in [1.807, 2.05) is 10.7 Å². The van der Waals surface area contributed by atoms with Crippen LogP contribution in [-0.4, -0.2) is 32.8 Å². The predicted molar refractivity (Wildman–Crippen MR) is 80.0 cm³/mol. The molecular weight excluding hydrogens is 250 g/mol. The van der Waals surface area contributed by atoms with Crippen LogP contribution in [0.25, 0.3) is 5.82 Å². The topological polar surface area (TPSA) is 55.6 Å². The minimum atomic E-state index is 0.593. The van der Waals surface area contributed by atoms with Crippen LogP contribution in [0.1, 0.15) is 30.8 Å². The number of hydrogen-bond donors (Lipinski definition) is 1. The zero-order valence-corrected chi connectivity index (χ0v) is 12.7. The van der Waals surface area contributed by atoms with Crippen molar-refractivity contribution in [2.24, 2.45) is 5.92 Å². The molecule has 5 heteroatoms. The molecule has 2 heterocycles. The Bertz CT molecular complexity index is 547. The first kappa shape index (κ1) is 14.7. The summed E-state index contributed by atoms with van der Waals surface area (Å²) in [6.07, 6.45) is 4.33. The molecule has 1 N–H and O–H groups in total. The summed E-state index contributed by atoms with van der Waals surface area (Å²) in [5.74, 6) is 1.42. The number of nitrogens with one attached hydrogen (secondary N) is 1. The maximum Gasteiger partial charge on any atom is 0.156 e. The van der Waals surface area contributed by atoms with Gasteiger partial charge in [0.2, 0.25) is 0 Å². The summed E-state index contributed by atoms with van der Waals surface area (Å²) in [6, 6.07) is 1.88. The fourth-order valence-electron chi connectivity index (χ4n) is 2.41. The predicted octanol–water partition coefficient (Wildman–Crippen LogP) is 2.07. The van der Waals surface area contributed by atoms with E-state index in [2.05, 4.69) is 48.1 Å². The maximum absolute atomic E-state index is 4.62. The average Bonchev–Trinajstić information content (AvgIpc) is 2.74. The van der Waals surface area contributed by atoms with Gasteiger partial charge >= 0.3 is 0 Å². The molecule has 2 aromatic rings. The van der Waals surface area contributed by atoms with Crippen LogP contribution in [0.4, 0.5) is 0 Å². The van der Waals surface area contributed by atoms with E-state index in [1.165, 1.54) is 11.3 Å². The van der Waals surface area contributed by atoms with Crippen molar-refractivity contribution in [1.29, 1.82) is 0 Å². The normalized spacial score (nSPS) is 12.6. The van der Waals surface area contributed by atoms with Crippen LogP contribution >= 0.6 is 0 Å². The first-order valence-corrected chi connectivity index (χ1v) is 7.15. The van der Waals surface area contributed by atoms with E-state index < -0.39 is 0 Å². The van der Waals surface area contributed by atoms with Gasteiger partial charge in [0, 0.05) is 18.0 Å². The monoisotopic (exact) mass is 273 g/mol. The highest BCUT2D eigenvalue weighted by Crippen LogP contribution is 2.19. The second-order valence-electron chi connectivity index (χ2n) is 5.25. The molecule has 108 valence electrons. The number of rotatable bonds is 6. The number of aryl methyl sites for hydroxylation is 1. The van der Waals surface area contributed by atoms with Crippen molar-refractivity contribution >= 4 is 0 Å². The molecule has 0 aliphatic rings. The molecule has 0 aliphatic heterocycles. The van der Waals surface area contributed by atoms with Crippen molar-refractivity contribution in [2.45, 2.75) is 34.1 Å². The zero-order chi connectivity index (χ0) is 14.5. The van der Waals surface area contributed by atoms with Gasteiger partial charge in [-0.05, 0) is 44.8 Å². The highest BCUT2D eigenvalue weighted by molar-refractivity contribution is 5.31. The van der Waals surface area contributed by atoms with E-state index in [1.54, 1.807) is 12.5 Å². The van der Waals surface area contributed by atoms with Crippen molar-refractivity contribution in [1.82, 2.24) is 25.1 Å². The number of aromatic nitrogens is 4. The second kappa shape index (κ2) is 6.61. The lowest BCUT2D eigenvalue weighted by molar-refractivity contribution is 0.519. The first-order valence-electron chi connectivity index (χ1n) is 7.15. The lowest BCUT2D eigenvalue weighted by Crippen LogP contribution is -2.22. The molecule has 0 saturated carbocycles. The molecule has 20 heavy (non-hydrogen) atoms. The van der Waals surface area contributed by atoms with Gasteiger partial charge in [0.05, 0.1) is 5.69 Å². The van der Waals surface area contributed by atoms with Crippen LogP contribution in [0.3, 0.4) is 0 Å². The summed E-state index contributed by atoms with van der Waals surface area (Å²) in [6.45, 7) is 10.6. The lowest BCUT2D eigenvalue weighted by atomic mass is 9.99. The minimum absolute atomic E-state index is 0.593. The maximum atomic E-state index is 4.62. The van der Waals surface area contributed by atoms with Crippen LogP contribution in [0, 0.1) is 19.8 Å². The van der Waals surface area contributed by atoms with E-state index in [-0.39, 0.29) is 0 Å². The van der Waals surface area contributed by atoms with Gasteiger partial charge in [0.25, 0.3) is 0 Å². The van der Waals surface area contributed by atoms with E-state index >= 15 is 0 Å². The van der Waals surface area contributed by atoms with E-state index in [0.29, 0.717) is 5.92 Å².